The molecule has 5 nitrogen and oxygen atoms in total. The summed E-state index contributed by atoms with van der Waals surface area (Å²) in [6, 6.07) is -1.78. The summed E-state index contributed by atoms with van der Waals surface area (Å²) in [5.41, 5.74) is 0.480. The second kappa shape index (κ2) is 4.69. The molecule has 0 aromatic carbocycles. The Morgan fingerprint density at radius 2 is 1.75 bits per heavy atom. The van der Waals surface area contributed by atoms with Crippen molar-refractivity contribution in [3.8, 4) is 0 Å². The molecule has 1 unspecified atom stereocenters. The molecule has 0 saturated carbocycles. The summed E-state index contributed by atoms with van der Waals surface area (Å²) in [4.78, 5) is 21.8. The molecular weight excluding hydrogens is 229 g/mol. The molecule has 0 saturated heterocycles. The zero-order valence-corrected chi connectivity index (χ0v) is 9.14. The summed E-state index contributed by atoms with van der Waals surface area (Å²) in [5, 5.41) is 1.82. The van der Waals surface area contributed by atoms with Crippen molar-refractivity contribution < 1.29 is 33.2 Å². The van der Waals surface area contributed by atoms with Gasteiger partial charge in [0.25, 0.3) is 0 Å². The normalized spacial score (nSPS) is 14.2. The fourth-order valence-electron chi connectivity index (χ4n) is 1.00. The summed E-state index contributed by atoms with van der Waals surface area (Å²) in [6.07, 6.45) is -5.76. The number of methoxy groups -OCH3 is 1. The van der Waals surface area contributed by atoms with Crippen LogP contribution in [0.3, 0.4) is 0 Å². The smallest absolute Gasteiger partial charge is 0.407 e. The molecule has 0 aromatic heterocycles. The lowest BCUT2D eigenvalue weighted by Gasteiger charge is -2.32. The van der Waals surface area contributed by atoms with Gasteiger partial charge in [0, 0.05) is 0 Å². The van der Waals surface area contributed by atoms with Gasteiger partial charge in [-0.15, -0.1) is 0 Å². The number of amides is 2. The standard InChI is InChI=1S/C8H13F3N2O3/c1-7(2,8(9,10)11)4(5(12)14)13-6(15)16-3/h4H,1-3H3,(H2,12,14)(H,13,15)/p+1. The number of ether oxygens (including phenoxy) is 1. The van der Waals surface area contributed by atoms with Crippen molar-refractivity contribution in [3.05, 3.63) is 0 Å². The highest BCUT2D eigenvalue weighted by atomic mass is 19.4. The second-order valence-electron chi connectivity index (χ2n) is 3.75. The van der Waals surface area contributed by atoms with Gasteiger partial charge in [0.05, 0.1) is 12.5 Å². The maximum absolute atomic E-state index is 12.6. The predicted octanol–water partition coefficient (Wildman–Crippen LogP) is 0.0680. The van der Waals surface area contributed by atoms with E-state index in [1.54, 1.807) is 0 Å². The molecule has 0 aromatic rings. The van der Waals surface area contributed by atoms with E-state index >= 15 is 0 Å². The zero-order chi connectivity index (χ0) is 13.1. The number of rotatable bonds is 3. The van der Waals surface area contributed by atoms with Crippen LogP contribution < -0.4 is 11.1 Å². The van der Waals surface area contributed by atoms with Crippen LogP contribution in [0.5, 0.6) is 0 Å². The summed E-state index contributed by atoms with van der Waals surface area (Å²) < 4.78 is 42.0. The van der Waals surface area contributed by atoms with E-state index in [2.05, 4.69) is 10.5 Å². The molecule has 94 valence electrons. The maximum Gasteiger partial charge on any atom is 0.407 e. The van der Waals surface area contributed by atoms with Crippen molar-refractivity contribution in [1.82, 2.24) is 5.32 Å². The predicted molar refractivity (Wildman–Crippen MR) is 47.1 cm³/mol. The highest BCUT2D eigenvalue weighted by molar-refractivity contribution is 5.79. The van der Waals surface area contributed by atoms with Crippen LogP contribution in [-0.4, -0.2) is 31.3 Å². The quantitative estimate of drug-likeness (QED) is 0.735. The molecule has 2 amide bonds. The Morgan fingerprint density at radius 3 is 2.00 bits per heavy atom. The molecule has 4 N–H and O–H groups in total. The highest BCUT2D eigenvalue weighted by Gasteiger charge is 2.56. The Morgan fingerprint density at radius 1 is 1.31 bits per heavy atom. The molecule has 0 heterocycles. The van der Waals surface area contributed by atoms with Crippen LogP contribution in [0.2, 0.25) is 0 Å². The molecule has 0 aliphatic carbocycles. The van der Waals surface area contributed by atoms with Crippen LogP contribution in [0.4, 0.5) is 18.0 Å². The Kier molecular flexibility index (Phi) is 4.30. The number of hydrogen-bond acceptors (Lipinski definition) is 3. The number of quaternary nitrogens is 1. The summed E-state index contributed by atoms with van der Waals surface area (Å²) in [5.74, 6) is -1.03. The lowest BCUT2D eigenvalue weighted by molar-refractivity contribution is -0.319. The number of hydrogen-bond donors (Lipinski definition) is 2. The average molecular weight is 243 g/mol. The SMILES string of the molecule is COC(=O)NC(C([NH3+])=O)C(C)(C)C(F)(F)F. The largest absolute Gasteiger partial charge is 0.453 e. The molecule has 0 aliphatic heterocycles. The molecule has 0 bridgehead atoms. The lowest BCUT2D eigenvalue weighted by Crippen LogP contribution is -2.71. The first kappa shape index (κ1) is 14.7. The fraction of sp³-hybridized carbons (Fsp3) is 0.750. The van der Waals surface area contributed by atoms with Crippen LogP contribution in [0, 0.1) is 5.41 Å². The molecule has 0 rings (SSSR count). The molecule has 16 heavy (non-hydrogen) atoms. The van der Waals surface area contributed by atoms with Gasteiger partial charge in [0.1, 0.15) is 0 Å². The van der Waals surface area contributed by atoms with Crippen LogP contribution in [0.1, 0.15) is 13.8 Å². The van der Waals surface area contributed by atoms with Crippen molar-refractivity contribution in [2.45, 2.75) is 26.1 Å². The van der Waals surface area contributed by atoms with E-state index in [1.807, 2.05) is 5.32 Å². The van der Waals surface area contributed by atoms with Gasteiger partial charge in [-0.05, 0) is 13.8 Å². The molecular formula is C8H14F3N2O3+. The number of carbonyl (C=O) groups excluding carboxylic acids is 2. The molecule has 0 fully saturated rings. The minimum atomic E-state index is -4.65. The molecule has 8 heteroatoms. The number of alkyl halides is 3. The first-order chi connectivity index (χ1) is 7.04. The first-order valence-corrected chi connectivity index (χ1v) is 4.31. The molecule has 1 atom stereocenters. The molecule has 0 spiro atoms. The van der Waals surface area contributed by atoms with Gasteiger partial charge >= 0.3 is 18.2 Å². The van der Waals surface area contributed by atoms with Crippen LogP contribution >= 0.6 is 0 Å². The van der Waals surface area contributed by atoms with Gasteiger partial charge in [-0.1, -0.05) is 0 Å². The van der Waals surface area contributed by atoms with Gasteiger partial charge in [0.2, 0.25) is 0 Å². The van der Waals surface area contributed by atoms with Crippen molar-refractivity contribution in [2.24, 2.45) is 5.41 Å². The van der Waals surface area contributed by atoms with E-state index in [-0.39, 0.29) is 0 Å². The van der Waals surface area contributed by atoms with Gasteiger partial charge in [0.15, 0.2) is 6.04 Å². The van der Waals surface area contributed by atoms with Crippen molar-refractivity contribution in [1.29, 1.82) is 0 Å². The zero-order valence-electron chi connectivity index (χ0n) is 9.14. The maximum atomic E-state index is 12.6. The summed E-state index contributed by atoms with van der Waals surface area (Å²) >= 11 is 0. The topological polar surface area (TPSA) is 83.0 Å². The third-order valence-electron chi connectivity index (χ3n) is 2.22. The first-order valence-electron chi connectivity index (χ1n) is 4.31. The van der Waals surface area contributed by atoms with Crippen molar-refractivity contribution in [2.75, 3.05) is 7.11 Å². The van der Waals surface area contributed by atoms with Gasteiger partial charge in [-0.25, -0.2) is 9.59 Å². The Labute approximate surface area is 90.1 Å². The third-order valence-corrected chi connectivity index (χ3v) is 2.22. The van der Waals surface area contributed by atoms with Gasteiger partial charge in [-0.2, -0.15) is 13.2 Å². The Hall–Kier alpha value is -1.31. The summed E-state index contributed by atoms with van der Waals surface area (Å²) in [7, 11) is 0.987. The third kappa shape index (κ3) is 3.09. The average Bonchev–Trinajstić information content (AvgIpc) is 2.10. The minimum absolute atomic E-state index is 0.802. The number of alkyl carbamates (subject to hydrolysis) is 1. The monoisotopic (exact) mass is 243 g/mol. The van der Waals surface area contributed by atoms with E-state index in [9.17, 15) is 22.8 Å². The molecule has 0 aliphatic rings. The van der Waals surface area contributed by atoms with E-state index in [4.69, 9.17) is 0 Å². The number of halogens is 3. The van der Waals surface area contributed by atoms with Crippen LogP contribution in [0.25, 0.3) is 0 Å². The number of nitrogens with one attached hydrogen (secondary N) is 1. The van der Waals surface area contributed by atoms with Crippen molar-refractivity contribution in [3.63, 3.8) is 0 Å². The summed E-state index contributed by atoms with van der Waals surface area (Å²) in [6.45, 7) is 1.60. The Balaban J connectivity index is 5.07. The van der Waals surface area contributed by atoms with Gasteiger partial charge < -0.3 is 10.1 Å². The van der Waals surface area contributed by atoms with E-state index in [0.717, 1.165) is 21.0 Å². The van der Waals surface area contributed by atoms with Crippen LogP contribution in [-0.2, 0) is 9.53 Å². The lowest BCUT2D eigenvalue weighted by atomic mass is 9.83. The fourth-order valence-corrected chi connectivity index (χ4v) is 1.00. The van der Waals surface area contributed by atoms with Crippen LogP contribution in [0.15, 0.2) is 0 Å². The van der Waals surface area contributed by atoms with E-state index < -0.39 is 29.6 Å². The van der Waals surface area contributed by atoms with Gasteiger partial charge in [-0.3, -0.25) is 5.73 Å². The van der Waals surface area contributed by atoms with Crippen molar-refractivity contribution >= 4 is 12.0 Å². The Bertz CT molecular complexity index is 289. The van der Waals surface area contributed by atoms with E-state index in [1.165, 1.54) is 0 Å². The van der Waals surface area contributed by atoms with E-state index in [0.29, 0.717) is 0 Å². The highest BCUT2D eigenvalue weighted by Crippen LogP contribution is 2.40. The minimum Gasteiger partial charge on any atom is -0.453 e. The molecule has 0 radical (unpaired) electrons. The number of carbonyl (C=O) groups is 2. The second-order valence-corrected chi connectivity index (χ2v) is 3.75.